The standard InChI is InChI=1S/C13H18/c1-5-6-7-13-11(3)8-10(2)9-12(13)4/h5-6,8-9H,7H2,1-4H3. The van der Waals surface area contributed by atoms with Crippen LogP contribution >= 0.6 is 0 Å². The number of rotatable bonds is 2. The Bertz CT molecular complexity index is 296. The molecule has 0 aliphatic carbocycles. The van der Waals surface area contributed by atoms with Gasteiger partial charge in [0.15, 0.2) is 0 Å². The van der Waals surface area contributed by atoms with E-state index in [0.29, 0.717) is 0 Å². The maximum absolute atomic E-state index is 2.26. The van der Waals surface area contributed by atoms with Crippen molar-refractivity contribution in [2.24, 2.45) is 0 Å². The zero-order chi connectivity index (χ0) is 9.84. The first-order valence-corrected chi connectivity index (χ1v) is 4.83. The minimum absolute atomic E-state index is 1.06. The van der Waals surface area contributed by atoms with E-state index < -0.39 is 0 Å². The van der Waals surface area contributed by atoms with Crippen LogP contribution in [0, 0.1) is 20.8 Å². The number of aryl methyl sites for hydroxylation is 3. The molecule has 0 fully saturated rings. The molecule has 0 atom stereocenters. The molecule has 0 nitrogen and oxygen atoms in total. The first kappa shape index (κ1) is 10.0. The summed E-state index contributed by atoms with van der Waals surface area (Å²) in [7, 11) is 0. The van der Waals surface area contributed by atoms with Gasteiger partial charge in [-0.1, -0.05) is 29.8 Å². The van der Waals surface area contributed by atoms with Crippen LogP contribution in [-0.2, 0) is 6.42 Å². The largest absolute Gasteiger partial charge is 0.0913 e. The van der Waals surface area contributed by atoms with Crippen LogP contribution in [0.3, 0.4) is 0 Å². The van der Waals surface area contributed by atoms with Crippen LogP contribution in [-0.4, -0.2) is 0 Å². The monoisotopic (exact) mass is 174 g/mol. The van der Waals surface area contributed by atoms with E-state index in [1.807, 2.05) is 0 Å². The van der Waals surface area contributed by atoms with Crippen molar-refractivity contribution in [3.63, 3.8) is 0 Å². The Morgan fingerprint density at radius 2 is 1.62 bits per heavy atom. The van der Waals surface area contributed by atoms with E-state index in [0.717, 1.165) is 6.42 Å². The number of allylic oxidation sites excluding steroid dienone is 2. The van der Waals surface area contributed by atoms with Crippen molar-refractivity contribution >= 4 is 0 Å². The van der Waals surface area contributed by atoms with Gasteiger partial charge in [-0.25, -0.2) is 0 Å². The molecule has 0 unspecified atom stereocenters. The van der Waals surface area contributed by atoms with E-state index in [4.69, 9.17) is 0 Å². The molecular weight excluding hydrogens is 156 g/mol. The SMILES string of the molecule is CC=CCc1c(C)cc(C)cc1C. The predicted octanol–water partition coefficient (Wildman–Crippen LogP) is 3.73. The molecule has 1 aromatic carbocycles. The third kappa shape index (κ3) is 2.45. The molecule has 0 heteroatoms. The van der Waals surface area contributed by atoms with Crippen molar-refractivity contribution in [2.75, 3.05) is 0 Å². The van der Waals surface area contributed by atoms with Gasteiger partial charge in [-0.15, -0.1) is 0 Å². The predicted molar refractivity (Wildman–Crippen MR) is 59.2 cm³/mol. The van der Waals surface area contributed by atoms with Gasteiger partial charge in [-0.05, 0) is 50.8 Å². The van der Waals surface area contributed by atoms with Crippen LogP contribution in [0.1, 0.15) is 29.2 Å². The van der Waals surface area contributed by atoms with Gasteiger partial charge in [0.2, 0.25) is 0 Å². The maximum Gasteiger partial charge on any atom is -0.00923 e. The molecule has 0 spiro atoms. The third-order valence-electron chi connectivity index (χ3n) is 2.40. The molecule has 13 heavy (non-hydrogen) atoms. The molecule has 0 heterocycles. The Balaban J connectivity index is 3.05. The first-order valence-electron chi connectivity index (χ1n) is 4.83. The summed E-state index contributed by atoms with van der Waals surface area (Å²) < 4.78 is 0. The molecule has 0 N–H and O–H groups in total. The molecule has 0 radical (unpaired) electrons. The molecule has 0 aliphatic heterocycles. The summed E-state index contributed by atoms with van der Waals surface area (Å²) in [5.74, 6) is 0. The molecule has 1 rings (SSSR count). The Kier molecular flexibility index (Phi) is 3.30. The Morgan fingerprint density at radius 1 is 1.08 bits per heavy atom. The van der Waals surface area contributed by atoms with E-state index in [-0.39, 0.29) is 0 Å². The summed E-state index contributed by atoms with van der Waals surface area (Å²) in [6.07, 6.45) is 5.39. The average Bonchev–Trinajstić information content (AvgIpc) is 2.02. The van der Waals surface area contributed by atoms with Crippen LogP contribution in [0.5, 0.6) is 0 Å². The normalized spacial score (nSPS) is 11.1. The van der Waals surface area contributed by atoms with Gasteiger partial charge < -0.3 is 0 Å². The third-order valence-corrected chi connectivity index (χ3v) is 2.40. The summed E-state index contributed by atoms with van der Waals surface area (Å²) in [5.41, 5.74) is 5.66. The van der Waals surface area contributed by atoms with Gasteiger partial charge >= 0.3 is 0 Å². The number of benzene rings is 1. The summed E-state index contributed by atoms with van der Waals surface area (Å²) in [5, 5.41) is 0. The lowest BCUT2D eigenvalue weighted by Gasteiger charge is -2.08. The van der Waals surface area contributed by atoms with E-state index in [9.17, 15) is 0 Å². The van der Waals surface area contributed by atoms with Gasteiger partial charge in [0.1, 0.15) is 0 Å². The first-order chi connectivity index (χ1) is 6.15. The summed E-state index contributed by atoms with van der Waals surface area (Å²) in [6, 6.07) is 4.51. The summed E-state index contributed by atoms with van der Waals surface area (Å²) in [6.45, 7) is 8.61. The highest BCUT2D eigenvalue weighted by Crippen LogP contribution is 2.17. The maximum atomic E-state index is 2.26. The second-order valence-electron chi connectivity index (χ2n) is 3.65. The Labute approximate surface area is 81.3 Å². The highest BCUT2D eigenvalue weighted by Gasteiger charge is 2.00. The highest BCUT2D eigenvalue weighted by molar-refractivity contribution is 5.38. The number of hydrogen-bond donors (Lipinski definition) is 0. The van der Waals surface area contributed by atoms with Crippen molar-refractivity contribution in [2.45, 2.75) is 34.1 Å². The molecule has 0 saturated carbocycles. The van der Waals surface area contributed by atoms with Crippen LogP contribution in [0.15, 0.2) is 24.3 Å². The molecule has 0 amide bonds. The van der Waals surface area contributed by atoms with Crippen molar-refractivity contribution in [1.82, 2.24) is 0 Å². The molecule has 0 bridgehead atoms. The molecular formula is C13H18. The fourth-order valence-electron chi connectivity index (χ4n) is 1.77. The van der Waals surface area contributed by atoms with Gasteiger partial charge in [-0.2, -0.15) is 0 Å². The molecule has 0 aliphatic rings. The van der Waals surface area contributed by atoms with Crippen LogP contribution < -0.4 is 0 Å². The average molecular weight is 174 g/mol. The fourth-order valence-corrected chi connectivity index (χ4v) is 1.77. The lowest BCUT2D eigenvalue weighted by atomic mass is 9.97. The van der Waals surface area contributed by atoms with Crippen LogP contribution in [0.4, 0.5) is 0 Å². The molecule has 0 saturated heterocycles. The minimum atomic E-state index is 1.06. The minimum Gasteiger partial charge on any atom is -0.0913 e. The van der Waals surface area contributed by atoms with Crippen molar-refractivity contribution < 1.29 is 0 Å². The van der Waals surface area contributed by atoms with Crippen molar-refractivity contribution in [3.05, 3.63) is 46.5 Å². The van der Waals surface area contributed by atoms with Gasteiger partial charge in [0, 0.05) is 0 Å². The summed E-state index contributed by atoms with van der Waals surface area (Å²) in [4.78, 5) is 0. The topological polar surface area (TPSA) is 0 Å². The zero-order valence-electron chi connectivity index (χ0n) is 9.02. The van der Waals surface area contributed by atoms with E-state index in [1.54, 1.807) is 0 Å². The number of hydrogen-bond acceptors (Lipinski definition) is 0. The molecule has 0 aromatic heterocycles. The lowest BCUT2D eigenvalue weighted by molar-refractivity contribution is 1.15. The van der Waals surface area contributed by atoms with Gasteiger partial charge in [-0.3, -0.25) is 0 Å². The van der Waals surface area contributed by atoms with Crippen LogP contribution in [0.2, 0.25) is 0 Å². The van der Waals surface area contributed by atoms with Gasteiger partial charge in [0.05, 0.1) is 0 Å². The smallest absolute Gasteiger partial charge is 0.00923 e. The second kappa shape index (κ2) is 4.27. The van der Waals surface area contributed by atoms with Crippen molar-refractivity contribution in [3.8, 4) is 0 Å². The van der Waals surface area contributed by atoms with E-state index >= 15 is 0 Å². The highest BCUT2D eigenvalue weighted by atomic mass is 14.1. The molecule has 70 valence electrons. The van der Waals surface area contributed by atoms with Crippen LogP contribution in [0.25, 0.3) is 0 Å². The second-order valence-corrected chi connectivity index (χ2v) is 3.65. The molecule has 1 aromatic rings. The quantitative estimate of drug-likeness (QED) is 0.599. The van der Waals surface area contributed by atoms with Crippen molar-refractivity contribution in [1.29, 1.82) is 0 Å². The summed E-state index contributed by atoms with van der Waals surface area (Å²) >= 11 is 0. The Hall–Kier alpha value is -1.04. The van der Waals surface area contributed by atoms with E-state index in [1.165, 1.54) is 22.3 Å². The van der Waals surface area contributed by atoms with Gasteiger partial charge in [0.25, 0.3) is 0 Å². The Morgan fingerprint density at radius 3 is 2.08 bits per heavy atom. The fraction of sp³-hybridized carbons (Fsp3) is 0.385. The zero-order valence-corrected chi connectivity index (χ0v) is 9.02. The van der Waals surface area contributed by atoms with E-state index in [2.05, 4.69) is 52.0 Å². The lowest BCUT2D eigenvalue weighted by Crippen LogP contribution is -1.93.